The van der Waals surface area contributed by atoms with Crippen LogP contribution in [0.3, 0.4) is 0 Å². The minimum Gasteiger partial charge on any atom is -0.353 e. The number of rotatable bonds is 5. The van der Waals surface area contributed by atoms with Gasteiger partial charge in [0.2, 0.25) is 0 Å². The number of benzene rings is 1. The van der Waals surface area contributed by atoms with Gasteiger partial charge in [-0.1, -0.05) is 11.6 Å². The fourth-order valence-electron chi connectivity index (χ4n) is 4.90. The van der Waals surface area contributed by atoms with E-state index in [1.807, 2.05) is 53.7 Å². The van der Waals surface area contributed by atoms with Gasteiger partial charge in [-0.2, -0.15) is 5.10 Å². The van der Waals surface area contributed by atoms with Crippen LogP contribution in [0.1, 0.15) is 52.5 Å². The molecule has 2 fully saturated rings. The average molecular weight is 482 g/mol. The highest BCUT2D eigenvalue weighted by atomic mass is 32.2. The fraction of sp³-hybridized carbons (Fsp3) is 0.458. The van der Waals surface area contributed by atoms with Crippen molar-refractivity contribution in [3.05, 3.63) is 52.8 Å². The van der Waals surface area contributed by atoms with Crippen LogP contribution in [0, 0.1) is 13.8 Å². The van der Waals surface area contributed by atoms with E-state index in [1.165, 1.54) is 0 Å². The minimum atomic E-state index is -1.27. The summed E-state index contributed by atoms with van der Waals surface area (Å²) >= 11 is 0. The van der Waals surface area contributed by atoms with Crippen molar-refractivity contribution in [3.8, 4) is 0 Å². The van der Waals surface area contributed by atoms with Crippen LogP contribution < -0.4 is 15.4 Å². The van der Waals surface area contributed by atoms with Crippen LogP contribution in [0.2, 0.25) is 0 Å². The van der Waals surface area contributed by atoms with E-state index in [4.69, 9.17) is 15.8 Å². The van der Waals surface area contributed by atoms with Crippen molar-refractivity contribution in [3.63, 3.8) is 0 Å². The van der Waals surface area contributed by atoms with Gasteiger partial charge >= 0.3 is 0 Å². The highest BCUT2D eigenvalue weighted by molar-refractivity contribution is 7.85. The maximum absolute atomic E-state index is 13.7. The molecule has 0 aliphatic carbocycles. The Morgan fingerprint density at radius 2 is 2.00 bits per heavy atom. The van der Waals surface area contributed by atoms with Gasteiger partial charge in [0.1, 0.15) is 16.8 Å². The van der Waals surface area contributed by atoms with Crippen molar-refractivity contribution < 1.29 is 9.00 Å². The lowest BCUT2D eigenvalue weighted by molar-refractivity contribution is 0.0606. The van der Waals surface area contributed by atoms with E-state index in [9.17, 15) is 9.00 Å². The third-order valence-electron chi connectivity index (χ3n) is 6.60. The lowest BCUT2D eigenvalue weighted by Crippen LogP contribution is -2.56. The number of nitrogens with one attached hydrogen (secondary N) is 1. The predicted octanol–water partition coefficient (Wildman–Crippen LogP) is 2.57. The smallest absolute Gasteiger partial charge is 0.256 e. The van der Waals surface area contributed by atoms with E-state index in [0.717, 1.165) is 60.6 Å². The second-order valence-corrected chi connectivity index (χ2v) is 10.5. The summed E-state index contributed by atoms with van der Waals surface area (Å²) in [5.74, 6) is 0.873. The molecule has 180 valence electrons. The minimum absolute atomic E-state index is 0.0715. The molecule has 0 radical (unpaired) electrons. The second kappa shape index (κ2) is 8.99. The monoisotopic (exact) mass is 481 g/mol. The maximum Gasteiger partial charge on any atom is 0.256 e. The first kappa shape index (κ1) is 22.8. The number of likely N-dealkylation sites (tertiary alicyclic amines) is 1. The van der Waals surface area contributed by atoms with Gasteiger partial charge in [-0.3, -0.25) is 4.79 Å². The van der Waals surface area contributed by atoms with Gasteiger partial charge in [-0.15, -0.1) is 0 Å². The summed E-state index contributed by atoms with van der Waals surface area (Å²) in [4.78, 5) is 22.7. The summed E-state index contributed by atoms with van der Waals surface area (Å²) in [5.41, 5.74) is 10.7. The molecule has 1 aromatic carbocycles. The molecule has 1 amide bonds. The molecule has 2 aromatic heterocycles. The largest absolute Gasteiger partial charge is 0.353 e. The van der Waals surface area contributed by atoms with Crippen LogP contribution >= 0.6 is 0 Å². The first-order valence-corrected chi connectivity index (χ1v) is 13.2. The van der Waals surface area contributed by atoms with Gasteiger partial charge in [0, 0.05) is 49.8 Å². The molecule has 9 nitrogen and oxygen atoms in total. The van der Waals surface area contributed by atoms with Crippen LogP contribution in [-0.2, 0) is 11.0 Å². The number of carbonyl (C=O) groups is 1. The number of hydrogen-bond donors (Lipinski definition) is 2. The van der Waals surface area contributed by atoms with Gasteiger partial charge in [-0.25, -0.2) is 13.7 Å². The molecule has 2 unspecified atom stereocenters. The lowest BCUT2D eigenvalue weighted by atomic mass is 9.97. The molecule has 2 saturated heterocycles. The summed E-state index contributed by atoms with van der Waals surface area (Å²) in [6.45, 7) is 6.27. The Kier molecular flexibility index (Phi) is 6.03. The van der Waals surface area contributed by atoms with Gasteiger partial charge in [0.05, 0.1) is 23.0 Å². The van der Waals surface area contributed by atoms with Crippen molar-refractivity contribution in [2.45, 2.75) is 45.2 Å². The van der Waals surface area contributed by atoms with E-state index in [2.05, 4.69) is 9.62 Å². The Morgan fingerprint density at radius 1 is 1.21 bits per heavy atom. The Labute approximate surface area is 201 Å². The number of aryl methyl sites for hydroxylation is 2. The molecule has 2 aliphatic rings. The third-order valence-corrected chi connectivity index (χ3v) is 7.10. The average Bonchev–Trinajstić information content (AvgIpc) is 3.19. The predicted molar refractivity (Wildman–Crippen MR) is 134 cm³/mol. The zero-order valence-electron chi connectivity index (χ0n) is 19.8. The zero-order valence-corrected chi connectivity index (χ0v) is 20.6. The van der Waals surface area contributed by atoms with Crippen LogP contribution in [0.5, 0.6) is 0 Å². The molecule has 0 saturated carbocycles. The van der Waals surface area contributed by atoms with Crippen LogP contribution in [0.25, 0.3) is 5.65 Å². The van der Waals surface area contributed by atoms with Crippen molar-refractivity contribution in [1.29, 1.82) is 0 Å². The molecule has 0 bridgehead atoms. The van der Waals surface area contributed by atoms with E-state index in [1.54, 1.807) is 6.26 Å². The second-order valence-electron chi connectivity index (χ2n) is 9.40. The molecular formula is C24H31N7O2S. The van der Waals surface area contributed by atoms with Crippen LogP contribution in [-0.4, -0.2) is 61.5 Å². The molecule has 3 aromatic rings. The van der Waals surface area contributed by atoms with E-state index in [0.29, 0.717) is 17.8 Å². The lowest BCUT2D eigenvalue weighted by Gasteiger charge is -2.38. The Bertz CT molecular complexity index is 1270. The molecule has 2 atom stereocenters. The normalized spacial score (nSPS) is 19.8. The first-order chi connectivity index (χ1) is 16.3. The number of anilines is 2. The van der Waals surface area contributed by atoms with Crippen molar-refractivity contribution >= 4 is 34.0 Å². The topological polar surface area (TPSA) is 109 Å². The molecule has 4 heterocycles. The summed E-state index contributed by atoms with van der Waals surface area (Å²) in [5, 5.41) is 4.82. The number of nitrogens with zero attached hydrogens (tertiary/aromatic N) is 5. The molecule has 10 heteroatoms. The van der Waals surface area contributed by atoms with E-state index in [-0.39, 0.29) is 18.0 Å². The Hall–Kier alpha value is -2.98. The fourth-order valence-corrected chi connectivity index (χ4v) is 5.39. The number of nitrogens with two attached hydrogens (primary N) is 1. The van der Waals surface area contributed by atoms with Gasteiger partial charge in [0.15, 0.2) is 5.65 Å². The quantitative estimate of drug-likeness (QED) is 0.580. The standard InChI is InChI=1S/C24H31N7O2S/c1-15-7-8-19(28-34(3)33)18(10-15)24(32)30-9-5-4-6-21(30)20-11-22-26-23(29-13-17(25)14-29)16(2)12-31(22)27-20/h7-8,10-12,17,21,28H,4-6,9,13-14,25H2,1-3H3. The molecule has 34 heavy (non-hydrogen) atoms. The zero-order chi connectivity index (χ0) is 24.0. The van der Waals surface area contributed by atoms with E-state index < -0.39 is 11.0 Å². The Morgan fingerprint density at radius 3 is 2.74 bits per heavy atom. The highest BCUT2D eigenvalue weighted by Gasteiger charge is 2.32. The summed E-state index contributed by atoms with van der Waals surface area (Å²) < 4.78 is 16.6. The number of aromatic nitrogens is 3. The molecule has 2 aliphatic heterocycles. The number of carbonyl (C=O) groups excluding carboxylic acids is 1. The number of hydrogen-bond acceptors (Lipinski definition) is 6. The van der Waals surface area contributed by atoms with E-state index >= 15 is 0 Å². The number of piperidine rings is 1. The molecule has 5 rings (SSSR count). The number of amides is 1. The Balaban J connectivity index is 1.48. The van der Waals surface area contributed by atoms with Crippen LogP contribution in [0.15, 0.2) is 30.5 Å². The van der Waals surface area contributed by atoms with Crippen molar-refractivity contribution in [1.82, 2.24) is 19.5 Å². The molecule has 3 N–H and O–H groups in total. The van der Waals surface area contributed by atoms with Gasteiger partial charge in [-0.05, 0) is 45.2 Å². The molecule has 0 spiro atoms. The van der Waals surface area contributed by atoms with Gasteiger partial charge < -0.3 is 20.3 Å². The highest BCUT2D eigenvalue weighted by Crippen LogP contribution is 2.34. The first-order valence-electron chi connectivity index (χ1n) is 11.7. The SMILES string of the molecule is Cc1ccc(NS(C)=O)c(C(=O)N2CCCCC2c2cc3nc(N4CC(N)C4)c(C)cn3n2)c1. The third kappa shape index (κ3) is 4.27. The number of fused-ring (bicyclic) bond motifs is 1. The van der Waals surface area contributed by atoms with Gasteiger partial charge in [0.25, 0.3) is 5.91 Å². The van der Waals surface area contributed by atoms with Crippen LogP contribution in [0.4, 0.5) is 11.5 Å². The van der Waals surface area contributed by atoms with Crippen molar-refractivity contribution in [2.24, 2.45) is 5.73 Å². The maximum atomic E-state index is 13.7. The summed E-state index contributed by atoms with van der Waals surface area (Å²) in [6.07, 6.45) is 6.38. The summed E-state index contributed by atoms with van der Waals surface area (Å²) in [6, 6.07) is 7.66. The summed E-state index contributed by atoms with van der Waals surface area (Å²) in [7, 11) is -1.27. The van der Waals surface area contributed by atoms with Crippen molar-refractivity contribution in [2.75, 3.05) is 35.5 Å². The molecular weight excluding hydrogens is 450 g/mol.